The van der Waals surface area contributed by atoms with Gasteiger partial charge < -0.3 is 20.3 Å². The zero-order valence-electron chi connectivity index (χ0n) is 54.3. The number of aliphatic hydroxyl groups excluding tert-OH is 2. The van der Waals surface area contributed by atoms with Crippen LogP contribution in [0.1, 0.15) is 412 Å². The Hall–Kier alpha value is -1.66. The van der Waals surface area contributed by atoms with Gasteiger partial charge in [0.15, 0.2) is 0 Å². The summed E-state index contributed by atoms with van der Waals surface area (Å²) < 4.78 is 5.49. The molecular weight excluding hydrogens is 983 g/mol. The van der Waals surface area contributed by atoms with Crippen molar-refractivity contribution in [2.75, 3.05) is 13.2 Å². The van der Waals surface area contributed by atoms with E-state index in [0.29, 0.717) is 25.9 Å². The van der Waals surface area contributed by atoms with Gasteiger partial charge in [-0.1, -0.05) is 366 Å². The molecule has 1 amide bonds. The van der Waals surface area contributed by atoms with Gasteiger partial charge in [-0.15, -0.1) is 0 Å². The molecule has 6 nitrogen and oxygen atoms in total. The maximum Gasteiger partial charge on any atom is 0.305 e. The van der Waals surface area contributed by atoms with Crippen molar-refractivity contribution in [3.05, 3.63) is 24.3 Å². The molecule has 2 atom stereocenters. The number of unbranched alkanes of at least 4 members (excludes halogenated alkanes) is 54. The highest BCUT2D eigenvalue weighted by Crippen LogP contribution is 2.19. The average Bonchev–Trinajstić information content (AvgIpc) is 3.46. The van der Waals surface area contributed by atoms with E-state index < -0.39 is 12.1 Å². The second-order valence-corrected chi connectivity index (χ2v) is 25.3. The molecule has 0 saturated heterocycles. The molecule has 0 fully saturated rings. The molecule has 3 N–H and O–H groups in total. The maximum atomic E-state index is 12.5. The molecule has 0 aliphatic carbocycles. The Labute approximate surface area is 501 Å². The monoisotopic (exact) mass is 1130 g/mol. The zero-order chi connectivity index (χ0) is 57.8. The van der Waals surface area contributed by atoms with Crippen LogP contribution < -0.4 is 5.32 Å². The SMILES string of the molecule is CCCCCCCCCCCCCCCCCCCCCCCC(O)C(CO)NC(=O)CCCCCCCCCCCCC/C=C\C/C=C\CCCCCCCCCCCOC(=O)CCCCCCCCCCCCCCCCC. The molecular formula is C74H143NO5. The number of hydrogen-bond donors (Lipinski definition) is 3. The zero-order valence-corrected chi connectivity index (χ0v) is 54.3. The van der Waals surface area contributed by atoms with E-state index in [1.54, 1.807) is 0 Å². The van der Waals surface area contributed by atoms with Crippen molar-refractivity contribution >= 4 is 11.9 Å². The number of rotatable bonds is 69. The summed E-state index contributed by atoms with van der Waals surface area (Å²) in [5.74, 6) is -0.0191. The first-order valence-electron chi connectivity index (χ1n) is 36.6. The Balaban J connectivity index is 3.41. The summed E-state index contributed by atoms with van der Waals surface area (Å²) in [6, 6.07) is -0.545. The number of esters is 1. The van der Waals surface area contributed by atoms with Crippen LogP contribution in [0.25, 0.3) is 0 Å². The lowest BCUT2D eigenvalue weighted by atomic mass is 10.0. The van der Waals surface area contributed by atoms with Crippen LogP contribution in [0.3, 0.4) is 0 Å². The molecule has 80 heavy (non-hydrogen) atoms. The minimum Gasteiger partial charge on any atom is -0.466 e. The van der Waals surface area contributed by atoms with Gasteiger partial charge in [-0.25, -0.2) is 0 Å². The molecule has 0 saturated carbocycles. The van der Waals surface area contributed by atoms with Crippen LogP contribution >= 0.6 is 0 Å². The highest BCUT2D eigenvalue weighted by Gasteiger charge is 2.20. The van der Waals surface area contributed by atoms with Gasteiger partial charge in [0.05, 0.1) is 25.4 Å². The smallest absolute Gasteiger partial charge is 0.305 e. The molecule has 0 aromatic heterocycles. The van der Waals surface area contributed by atoms with E-state index in [9.17, 15) is 19.8 Å². The summed E-state index contributed by atoms with van der Waals surface area (Å²) in [7, 11) is 0. The molecule has 0 rings (SSSR count). The topological polar surface area (TPSA) is 95.9 Å². The van der Waals surface area contributed by atoms with Gasteiger partial charge >= 0.3 is 5.97 Å². The molecule has 0 aliphatic heterocycles. The van der Waals surface area contributed by atoms with Gasteiger partial charge in [0.25, 0.3) is 0 Å². The van der Waals surface area contributed by atoms with Crippen LogP contribution in [-0.2, 0) is 14.3 Å². The van der Waals surface area contributed by atoms with Crippen LogP contribution in [0.15, 0.2) is 24.3 Å². The van der Waals surface area contributed by atoms with Crippen LogP contribution in [0.2, 0.25) is 0 Å². The predicted molar refractivity (Wildman–Crippen MR) is 352 cm³/mol. The molecule has 6 heteroatoms. The number of hydrogen-bond acceptors (Lipinski definition) is 5. The first-order valence-corrected chi connectivity index (χ1v) is 36.6. The van der Waals surface area contributed by atoms with Gasteiger partial charge in [0, 0.05) is 12.8 Å². The minimum absolute atomic E-state index is 0.0145. The van der Waals surface area contributed by atoms with Crippen molar-refractivity contribution < 1.29 is 24.5 Å². The first kappa shape index (κ1) is 78.3. The standard InChI is InChI=1S/C74H143NO5/c1-3-5-7-9-11-13-15-17-19-20-21-29-32-35-39-42-46-50-54-58-62-66-72(77)71(70-76)75-73(78)67-63-59-55-51-47-43-40-36-33-30-27-25-23-22-24-26-28-31-34-37-41-45-49-53-57-61-65-69-80-74(79)68-64-60-56-52-48-44-38-18-16-14-12-10-8-6-4-2/h22-23,26,28,71-72,76-77H,3-21,24-25,27,29-70H2,1-2H3,(H,75,78)/b23-22-,28-26-. The lowest BCUT2D eigenvalue weighted by Gasteiger charge is -2.22. The van der Waals surface area contributed by atoms with Gasteiger partial charge in [-0.3, -0.25) is 9.59 Å². The van der Waals surface area contributed by atoms with E-state index in [0.717, 1.165) is 44.9 Å². The fourth-order valence-corrected chi connectivity index (χ4v) is 11.7. The van der Waals surface area contributed by atoms with Crippen molar-refractivity contribution in [3.63, 3.8) is 0 Å². The molecule has 474 valence electrons. The second kappa shape index (κ2) is 69.8. The highest BCUT2D eigenvalue weighted by atomic mass is 16.5. The molecule has 0 bridgehead atoms. The lowest BCUT2D eigenvalue weighted by Crippen LogP contribution is -2.45. The number of carbonyl (C=O) groups excluding carboxylic acids is 2. The highest BCUT2D eigenvalue weighted by molar-refractivity contribution is 5.76. The van der Waals surface area contributed by atoms with Crippen LogP contribution in [0.5, 0.6) is 0 Å². The summed E-state index contributed by atoms with van der Waals surface area (Å²) in [6.07, 6.45) is 88.0. The first-order chi connectivity index (χ1) is 39.5. The number of aliphatic hydroxyl groups is 2. The number of nitrogens with one attached hydrogen (secondary N) is 1. The Kier molecular flexibility index (Phi) is 68.4. The second-order valence-electron chi connectivity index (χ2n) is 25.3. The molecule has 2 unspecified atom stereocenters. The van der Waals surface area contributed by atoms with E-state index in [4.69, 9.17) is 4.74 Å². The van der Waals surface area contributed by atoms with Crippen molar-refractivity contribution in [2.24, 2.45) is 0 Å². The van der Waals surface area contributed by atoms with E-state index in [2.05, 4.69) is 43.5 Å². The van der Waals surface area contributed by atoms with Crippen LogP contribution in [0, 0.1) is 0 Å². The van der Waals surface area contributed by atoms with E-state index >= 15 is 0 Å². The summed E-state index contributed by atoms with van der Waals surface area (Å²) in [4.78, 5) is 24.6. The molecule has 0 aromatic rings. The van der Waals surface area contributed by atoms with Crippen LogP contribution in [-0.4, -0.2) is 47.4 Å². The van der Waals surface area contributed by atoms with Gasteiger partial charge in [-0.05, 0) is 57.8 Å². The number of ether oxygens (including phenoxy) is 1. The fourth-order valence-electron chi connectivity index (χ4n) is 11.7. The summed E-state index contributed by atoms with van der Waals surface area (Å²) in [5, 5.41) is 23.4. The van der Waals surface area contributed by atoms with E-state index in [1.807, 2.05) is 0 Å². The quantitative estimate of drug-likeness (QED) is 0.0320. The predicted octanol–water partition coefficient (Wildman–Crippen LogP) is 23.7. The average molecular weight is 1130 g/mol. The van der Waals surface area contributed by atoms with Gasteiger partial charge in [0.1, 0.15) is 0 Å². The molecule has 0 aromatic carbocycles. The third kappa shape index (κ3) is 65.5. The maximum absolute atomic E-state index is 12.5. The number of allylic oxidation sites excluding steroid dienone is 4. The molecule has 0 radical (unpaired) electrons. The van der Waals surface area contributed by atoms with E-state index in [1.165, 1.54) is 334 Å². The minimum atomic E-state index is -0.667. The molecule has 0 spiro atoms. The summed E-state index contributed by atoms with van der Waals surface area (Å²) in [6.45, 7) is 4.99. The van der Waals surface area contributed by atoms with Gasteiger partial charge in [0.2, 0.25) is 5.91 Å². The van der Waals surface area contributed by atoms with Crippen molar-refractivity contribution in [2.45, 2.75) is 424 Å². The summed E-state index contributed by atoms with van der Waals surface area (Å²) in [5.41, 5.74) is 0. The third-order valence-corrected chi connectivity index (χ3v) is 17.3. The Morgan fingerprint density at radius 2 is 0.625 bits per heavy atom. The fraction of sp³-hybridized carbons (Fsp3) is 0.919. The lowest BCUT2D eigenvalue weighted by molar-refractivity contribution is -0.143. The van der Waals surface area contributed by atoms with Crippen molar-refractivity contribution in [1.29, 1.82) is 0 Å². The number of amides is 1. The van der Waals surface area contributed by atoms with Crippen LogP contribution in [0.4, 0.5) is 0 Å². The Morgan fingerprint density at radius 1 is 0.350 bits per heavy atom. The van der Waals surface area contributed by atoms with Gasteiger partial charge in [-0.2, -0.15) is 0 Å². The molecule has 0 aliphatic rings. The van der Waals surface area contributed by atoms with Crippen molar-refractivity contribution in [3.8, 4) is 0 Å². The third-order valence-electron chi connectivity index (χ3n) is 17.3. The largest absolute Gasteiger partial charge is 0.466 e. The summed E-state index contributed by atoms with van der Waals surface area (Å²) >= 11 is 0. The van der Waals surface area contributed by atoms with Crippen molar-refractivity contribution in [1.82, 2.24) is 5.32 Å². The normalized spacial score (nSPS) is 12.6. The molecule has 0 heterocycles. The Morgan fingerprint density at radius 3 is 0.950 bits per heavy atom. The number of carbonyl (C=O) groups is 2. The Bertz CT molecular complexity index is 1250. The van der Waals surface area contributed by atoms with E-state index in [-0.39, 0.29) is 18.5 Å².